The van der Waals surface area contributed by atoms with Crippen LogP contribution in [0.25, 0.3) is 5.65 Å². The van der Waals surface area contributed by atoms with Crippen LogP contribution in [-0.2, 0) is 0 Å². The summed E-state index contributed by atoms with van der Waals surface area (Å²) >= 11 is 0. The predicted molar refractivity (Wildman–Crippen MR) is 118 cm³/mol. The van der Waals surface area contributed by atoms with E-state index in [2.05, 4.69) is 46.7 Å². The van der Waals surface area contributed by atoms with Crippen LogP contribution in [0.5, 0.6) is 0 Å². The third kappa shape index (κ3) is 4.49. The van der Waals surface area contributed by atoms with Gasteiger partial charge in [-0.2, -0.15) is 10.2 Å². The third-order valence-corrected chi connectivity index (χ3v) is 5.45. The Morgan fingerprint density at radius 3 is 2.83 bits per heavy atom. The molecule has 0 aliphatic carbocycles. The zero-order valence-electron chi connectivity index (χ0n) is 17.4. The Morgan fingerprint density at radius 1 is 1.30 bits per heavy atom. The number of nitrogens with one attached hydrogen (secondary N) is 2. The van der Waals surface area contributed by atoms with Crippen molar-refractivity contribution in [2.75, 3.05) is 24.8 Å². The van der Waals surface area contributed by atoms with Crippen molar-refractivity contribution in [3.8, 4) is 0 Å². The van der Waals surface area contributed by atoms with Crippen LogP contribution >= 0.6 is 0 Å². The Kier molecular flexibility index (Phi) is 6.04. The summed E-state index contributed by atoms with van der Waals surface area (Å²) in [6, 6.07) is 9.93. The molecule has 8 heteroatoms. The van der Waals surface area contributed by atoms with E-state index in [0.29, 0.717) is 17.1 Å². The summed E-state index contributed by atoms with van der Waals surface area (Å²) in [5, 5.41) is 17.3. The Bertz CT molecular complexity index is 1040. The number of carbonyl (C=O) groups excluding carboxylic acids is 1. The maximum absolute atomic E-state index is 12.8. The van der Waals surface area contributed by atoms with Gasteiger partial charge in [0.2, 0.25) is 0 Å². The van der Waals surface area contributed by atoms with Crippen LogP contribution in [0.4, 0.5) is 5.69 Å². The first-order chi connectivity index (χ1) is 14.6. The lowest BCUT2D eigenvalue weighted by Crippen LogP contribution is -2.37. The fourth-order valence-corrected chi connectivity index (χ4v) is 3.64. The van der Waals surface area contributed by atoms with E-state index in [9.17, 15) is 4.79 Å². The van der Waals surface area contributed by atoms with Gasteiger partial charge in [-0.25, -0.2) is 14.5 Å². The number of fused-ring (bicyclic) bond motifs is 1. The first-order valence-corrected chi connectivity index (χ1v) is 10.3. The molecule has 30 heavy (non-hydrogen) atoms. The van der Waals surface area contributed by atoms with Gasteiger partial charge in [-0.3, -0.25) is 4.79 Å². The monoisotopic (exact) mass is 405 g/mol. The van der Waals surface area contributed by atoms with Crippen LogP contribution in [0.3, 0.4) is 0 Å². The second kappa shape index (κ2) is 9.04. The number of amides is 1. The van der Waals surface area contributed by atoms with Crippen LogP contribution in [0.2, 0.25) is 0 Å². The lowest BCUT2D eigenvalue weighted by molar-refractivity contribution is 0.0955. The number of hydrogen-bond acceptors (Lipinski definition) is 6. The van der Waals surface area contributed by atoms with E-state index in [-0.39, 0.29) is 12.6 Å². The molecule has 4 rings (SSSR count). The Labute approximate surface area is 176 Å². The van der Waals surface area contributed by atoms with E-state index in [1.807, 2.05) is 17.1 Å². The molecule has 2 aromatic heterocycles. The lowest BCUT2D eigenvalue weighted by Gasteiger charge is -2.26. The molecule has 156 valence electrons. The van der Waals surface area contributed by atoms with Crippen LogP contribution in [-0.4, -0.2) is 46.0 Å². The zero-order chi connectivity index (χ0) is 20.9. The average molecular weight is 406 g/mol. The summed E-state index contributed by atoms with van der Waals surface area (Å²) in [7, 11) is 0. The number of benzene rings is 1. The molecule has 0 spiro atoms. The molecule has 1 saturated heterocycles. The summed E-state index contributed by atoms with van der Waals surface area (Å²) in [5.41, 5.74) is 4.18. The van der Waals surface area contributed by atoms with E-state index in [1.54, 1.807) is 23.0 Å². The van der Waals surface area contributed by atoms with Crippen molar-refractivity contribution >= 4 is 23.0 Å². The molecule has 1 fully saturated rings. The van der Waals surface area contributed by atoms with Crippen molar-refractivity contribution in [2.45, 2.75) is 26.7 Å². The van der Waals surface area contributed by atoms with Gasteiger partial charge < -0.3 is 10.6 Å². The van der Waals surface area contributed by atoms with Crippen molar-refractivity contribution in [1.82, 2.24) is 25.2 Å². The number of carbonyl (C=O) groups is 1. The molecule has 0 saturated carbocycles. The number of hydrazone groups is 1. The standard InChI is InChI=1S/C22H27N7O/c1-16-4-6-19(7-5-16)29(27-17(2)18-8-11-23-12-9-18)15-25-22(30)20-14-26-28-13-3-10-24-21(20)28/h3-7,10,13-14,18,23H,8-9,11-12,15H2,1-2H3,(H,25,30). The number of aryl methyl sites for hydroxylation is 1. The maximum atomic E-state index is 12.8. The predicted octanol–water partition coefficient (Wildman–Crippen LogP) is 2.61. The summed E-state index contributed by atoms with van der Waals surface area (Å²) in [5.74, 6) is 0.231. The molecule has 0 bridgehead atoms. The lowest BCUT2D eigenvalue weighted by atomic mass is 9.94. The summed E-state index contributed by atoms with van der Waals surface area (Å²) in [6.45, 7) is 6.42. The third-order valence-electron chi connectivity index (χ3n) is 5.45. The van der Waals surface area contributed by atoms with Crippen LogP contribution < -0.4 is 15.6 Å². The van der Waals surface area contributed by atoms with Crippen LogP contribution in [0.15, 0.2) is 54.0 Å². The number of anilines is 1. The van der Waals surface area contributed by atoms with Gasteiger partial charge in [0.15, 0.2) is 5.65 Å². The second-order valence-corrected chi connectivity index (χ2v) is 7.61. The largest absolute Gasteiger partial charge is 0.333 e. The van der Waals surface area contributed by atoms with Crippen molar-refractivity contribution in [1.29, 1.82) is 0 Å². The molecule has 3 aromatic rings. The van der Waals surface area contributed by atoms with Gasteiger partial charge in [-0.05, 0) is 58.0 Å². The van der Waals surface area contributed by atoms with Crippen LogP contribution in [0.1, 0.15) is 35.7 Å². The molecule has 1 aliphatic rings. The van der Waals surface area contributed by atoms with Crippen molar-refractivity contribution in [3.63, 3.8) is 0 Å². The highest BCUT2D eigenvalue weighted by atomic mass is 16.1. The molecule has 0 radical (unpaired) electrons. The first-order valence-electron chi connectivity index (χ1n) is 10.3. The molecule has 1 aromatic carbocycles. The topological polar surface area (TPSA) is 86.9 Å². The van der Waals surface area contributed by atoms with Crippen LogP contribution in [0, 0.1) is 12.8 Å². The SMILES string of the molecule is CC(=NN(CNC(=O)c1cnn2cccnc12)c1ccc(C)cc1)C1CCNCC1. The Hall–Kier alpha value is -3.26. The summed E-state index contributed by atoms with van der Waals surface area (Å²) in [4.78, 5) is 17.1. The molecule has 8 nitrogen and oxygen atoms in total. The maximum Gasteiger partial charge on any atom is 0.258 e. The molecular weight excluding hydrogens is 378 g/mol. The van der Waals surface area contributed by atoms with E-state index in [1.165, 1.54) is 11.8 Å². The summed E-state index contributed by atoms with van der Waals surface area (Å²) in [6.07, 6.45) is 7.12. The second-order valence-electron chi connectivity index (χ2n) is 7.61. The minimum Gasteiger partial charge on any atom is -0.333 e. The van der Waals surface area contributed by atoms with Gasteiger partial charge in [0.25, 0.3) is 5.91 Å². The van der Waals surface area contributed by atoms with Gasteiger partial charge in [-0.1, -0.05) is 17.7 Å². The summed E-state index contributed by atoms with van der Waals surface area (Å²) < 4.78 is 1.59. The molecular formula is C22H27N7O. The Morgan fingerprint density at radius 2 is 2.07 bits per heavy atom. The number of aromatic nitrogens is 3. The average Bonchev–Trinajstić information content (AvgIpc) is 3.22. The van der Waals surface area contributed by atoms with E-state index < -0.39 is 0 Å². The number of nitrogens with zero attached hydrogens (tertiary/aromatic N) is 5. The number of rotatable bonds is 6. The molecule has 2 N–H and O–H groups in total. The van der Waals surface area contributed by atoms with Crippen molar-refractivity contribution in [2.24, 2.45) is 11.0 Å². The molecule has 3 heterocycles. The van der Waals surface area contributed by atoms with Crippen molar-refractivity contribution in [3.05, 3.63) is 60.0 Å². The van der Waals surface area contributed by atoms with Crippen molar-refractivity contribution < 1.29 is 4.79 Å². The normalized spacial score (nSPS) is 15.3. The highest BCUT2D eigenvalue weighted by molar-refractivity contribution is 5.99. The molecule has 0 unspecified atom stereocenters. The minimum absolute atomic E-state index is 0.226. The minimum atomic E-state index is -0.226. The molecule has 0 atom stereocenters. The fourth-order valence-electron chi connectivity index (χ4n) is 3.64. The van der Waals surface area contributed by atoms with Gasteiger partial charge in [0, 0.05) is 24.0 Å². The Balaban J connectivity index is 1.53. The van der Waals surface area contributed by atoms with E-state index in [0.717, 1.165) is 37.3 Å². The zero-order valence-corrected chi connectivity index (χ0v) is 17.4. The fraction of sp³-hybridized carbons (Fsp3) is 0.364. The van der Waals surface area contributed by atoms with Gasteiger partial charge in [-0.15, -0.1) is 0 Å². The van der Waals surface area contributed by atoms with Gasteiger partial charge in [0.1, 0.15) is 12.2 Å². The van der Waals surface area contributed by atoms with E-state index >= 15 is 0 Å². The molecule has 1 amide bonds. The smallest absolute Gasteiger partial charge is 0.258 e. The first kappa shape index (κ1) is 20.0. The molecule has 1 aliphatic heterocycles. The number of hydrogen-bond donors (Lipinski definition) is 2. The highest BCUT2D eigenvalue weighted by Crippen LogP contribution is 2.19. The number of piperidine rings is 1. The van der Waals surface area contributed by atoms with Gasteiger partial charge in [0.05, 0.1) is 11.9 Å². The quantitative estimate of drug-likeness (QED) is 0.374. The van der Waals surface area contributed by atoms with Gasteiger partial charge >= 0.3 is 0 Å². The highest BCUT2D eigenvalue weighted by Gasteiger charge is 2.19. The van der Waals surface area contributed by atoms with E-state index in [4.69, 9.17) is 5.10 Å².